The highest BCUT2D eigenvalue weighted by Gasteiger charge is 2.37. The Hall–Kier alpha value is 0.700. The molecule has 1 heterocycles. The highest BCUT2D eigenvalue weighted by molar-refractivity contribution is 8.03. The van der Waals surface area contributed by atoms with Gasteiger partial charge in [-0.2, -0.15) is 23.5 Å². The smallest absolute Gasteiger partial charge is 0.00238 e. The first-order valence-electron chi connectivity index (χ1n) is 4.07. The molecule has 0 N–H and O–H groups in total. The Morgan fingerprint density at radius 2 is 1.50 bits per heavy atom. The lowest BCUT2D eigenvalue weighted by Crippen LogP contribution is -2.33. The lowest BCUT2D eigenvalue weighted by Gasteiger charge is -2.40. The Bertz CT molecular complexity index is 108. The first kappa shape index (κ1) is 7.35. The summed E-state index contributed by atoms with van der Waals surface area (Å²) in [7, 11) is 0. The molecule has 1 saturated heterocycles. The van der Waals surface area contributed by atoms with Crippen LogP contribution < -0.4 is 0 Å². The fraction of sp³-hybridized carbons (Fsp3) is 1.00. The average molecular weight is 174 g/mol. The lowest BCUT2D eigenvalue weighted by atomic mass is 9.72. The van der Waals surface area contributed by atoms with Gasteiger partial charge in [0.15, 0.2) is 0 Å². The molecule has 0 aromatic carbocycles. The van der Waals surface area contributed by atoms with E-state index in [0.29, 0.717) is 0 Å². The van der Waals surface area contributed by atoms with Gasteiger partial charge in [-0.3, -0.25) is 0 Å². The summed E-state index contributed by atoms with van der Waals surface area (Å²) >= 11 is 4.36. The van der Waals surface area contributed by atoms with Crippen molar-refractivity contribution >= 4 is 23.5 Å². The SMILES string of the molecule is C1CC2(C1)CSCCSC2. The van der Waals surface area contributed by atoms with Gasteiger partial charge in [-0.05, 0) is 29.8 Å². The Kier molecular flexibility index (Phi) is 2.19. The average Bonchev–Trinajstić information content (AvgIpc) is 2.08. The molecule has 1 spiro atoms. The summed E-state index contributed by atoms with van der Waals surface area (Å²) in [5.74, 6) is 5.71. The van der Waals surface area contributed by atoms with Crippen LogP contribution in [0.5, 0.6) is 0 Å². The van der Waals surface area contributed by atoms with Crippen molar-refractivity contribution < 1.29 is 0 Å². The molecule has 0 nitrogen and oxygen atoms in total. The maximum Gasteiger partial charge on any atom is 0.00238 e. The van der Waals surface area contributed by atoms with Crippen LogP contribution >= 0.6 is 23.5 Å². The highest BCUT2D eigenvalue weighted by Crippen LogP contribution is 2.47. The van der Waals surface area contributed by atoms with E-state index in [-0.39, 0.29) is 0 Å². The van der Waals surface area contributed by atoms with Crippen LogP contribution in [0.1, 0.15) is 19.3 Å². The number of thioether (sulfide) groups is 2. The van der Waals surface area contributed by atoms with Gasteiger partial charge in [-0.25, -0.2) is 0 Å². The zero-order valence-corrected chi connectivity index (χ0v) is 7.90. The standard InChI is InChI=1S/C8H14S2/c1-2-8(3-1)6-9-4-5-10-7-8/h1-7H2. The Balaban J connectivity index is 1.92. The minimum atomic E-state index is 0.811. The van der Waals surface area contributed by atoms with Gasteiger partial charge in [0.25, 0.3) is 0 Å². The molecule has 0 unspecified atom stereocenters. The van der Waals surface area contributed by atoms with Gasteiger partial charge in [0.2, 0.25) is 0 Å². The third-order valence-electron chi connectivity index (χ3n) is 2.60. The number of hydrogen-bond acceptors (Lipinski definition) is 2. The second kappa shape index (κ2) is 2.98. The van der Waals surface area contributed by atoms with Crippen LogP contribution in [0.15, 0.2) is 0 Å². The molecular formula is C8H14S2. The first-order chi connectivity index (χ1) is 4.91. The minimum absolute atomic E-state index is 0.811. The molecule has 10 heavy (non-hydrogen) atoms. The van der Waals surface area contributed by atoms with Crippen LogP contribution in [0.3, 0.4) is 0 Å². The fourth-order valence-electron chi connectivity index (χ4n) is 1.70. The highest BCUT2D eigenvalue weighted by atomic mass is 32.2. The van der Waals surface area contributed by atoms with E-state index < -0.39 is 0 Å². The predicted octanol–water partition coefficient (Wildman–Crippen LogP) is 2.64. The second-order valence-electron chi connectivity index (χ2n) is 3.46. The van der Waals surface area contributed by atoms with E-state index in [1.54, 1.807) is 0 Å². The molecule has 2 heteroatoms. The van der Waals surface area contributed by atoms with E-state index in [0.717, 1.165) is 5.41 Å². The monoisotopic (exact) mass is 174 g/mol. The third kappa shape index (κ3) is 1.33. The summed E-state index contributed by atoms with van der Waals surface area (Å²) in [4.78, 5) is 0. The van der Waals surface area contributed by atoms with Crippen LogP contribution in [-0.4, -0.2) is 23.0 Å². The van der Waals surface area contributed by atoms with Gasteiger partial charge in [0.05, 0.1) is 0 Å². The molecule has 0 bridgehead atoms. The van der Waals surface area contributed by atoms with Crippen molar-refractivity contribution in [1.82, 2.24) is 0 Å². The summed E-state index contributed by atoms with van der Waals surface area (Å²) in [5.41, 5.74) is 0.811. The van der Waals surface area contributed by atoms with Crippen LogP contribution in [0.4, 0.5) is 0 Å². The van der Waals surface area contributed by atoms with Gasteiger partial charge in [0.1, 0.15) is 0 Å². The molecule has 1 aliphatic heterocycles. The van der Waals surface area contributed by atoms with Gasteiger partial charge >= 0.3 is 0 Å². The molecule has 0 aromatic heterocycles. The summed E-state index contributed by atoms with van der Waals surface area (Å²) in [6.45, 7) is 0. The van der Waals surface area contributed by atoms with Gasteiger partial charge in [-0.1, -0.05) is 6.42 Å². The molecular weight excluding hydrogens is 160 g/mol. The molecule has 2 rings (SSSR count). The molecule has 0 atom stereocenters. The van der Waals surface area contributed by atoms with E-state index in [4.69, 9.17) is 0 Å². The number of hydrogen-bond donors (Lipinski definition) is 0. The number of rotatable bonds is 0. The van der Waals surface area contributed by atoms with E-state index in [2.05, 4.69) is 23.5 Å². The predicted molar refractivity (Wildman–Crippen MR) is 50.9 cm³/mol. The van der Waals surface area contributed by atoms with E-state index in [1.807, 2.05) is 0 Å². The Morgan fingerprint density at radius 3 is 1.90 bits per heavy atom. The molecule has 1 aliphatic carbocycles. The van der Waals surface area contributed by atoms with Crippen molar-refractivity contribution in [3.63, 3.8) is 0 Å². The van der Waals surface area contributed by atoms with E-state index in [9.17, 15) is 0 Å². The van der Waals surface area contributed by atoms with Gasteiger partial charge in [0, 0.05) is 11.5 Å². The summed E-state index contributed by atoms with van der Waals surface area (Å²) in [5, 5.41) is 0. The summed E-state index contributed by atoms with van der Waals surface area (Å²) in [6.07, 6.45) is 4.54. The molecule has 2 fully saturated rings. The van der Waals surface area contributed by atoms with E-state index >= 15 is 0 Å². The van der Waals surface area contributed by atoms with Crippen molar-refractivity contribution in [3.05, 3.63) is 0 Å². The maximum atomic E-state index is 2.18. The molecule has 1 saturated carbocycles. The summed E-state index contributed by atoms with van der Waals surface area (Å²) < 4.78 is 0. The molecule has 0 aromatic rings. The first-order valence-corrected chi connectivity index (χ1v) is 6.38. The maximum absolute atomic E-state index is 2.18. The van der Waals surface area contributed by atoms with Crippen LogP contribution in [0.2, 0.25) is 0 Å². The molecule has 0 radical (unpaired) electrons. The van der Waals surface area contributed by atoms with Gasteiger partial charge < -0.3 is 0 Å². The van der Waals surface area contributed by atoms with Crippen LogP contribution in [0.25, 0.3) is 0 Å². The van der Waals surface area contributed by atoms with E-state index in [1.165, 1.54) is 42.3 Å². The lowest BCUT2D eigenvalue weighted by molar-refractivity contribution is 0.205. The van der Waals surface area contributed by atoms with Crippen LogP contribution in [-0.2, 0) is 0 Å². The summed E-state index contributed by atoms with van der Waals surface area (Å²) in [6, 6.07) is 0. The van der Waals surface area contributed by atoms with Gasteiger partial charge in [-0.15, -0.1) is 0 Å². The molecule has 58 valence electrons. The zero-order valence-electron chi connectivity index (χ0n) is 6.27. The third-order valence-corrected chi connectivity index (χ3v) is 5.48. The largest absolute Gasteiger partial charge is 0.161 e. The molecule has 0 amide bonds. The second-order valence-corrected chi connectivity index (χ2v) is 5.67. The van der Waals surface area contributed by atoms with Crippen molar-refractivity contribution in [1.29, 1.82) is 0 Å². The molecule has 2 aliphatic rings. The van der Waals surface area contributed by atoms with Crippen molar-refractivity contribution in [2.24, 2.45) is 5.41 Å². The van der Waals surface area contributed by atoms with Crippen molar-refractivity contribution in [2.45, 2.75) is 19.3 Å². The Labute approximate surface area is 71.5 Å². The van der Waals surface area contributed by atoms with Crippen molar-refractivity contribution in [2.75, 3.05) is 23.0 Å². The zero-order chi connectivity index (χ0) is 6.86. The normalized spacial score (nSPS) is 31.2. The fourth-order valence-corrected chi connectivity index (χ4v) is 4.71. The quantitative estimate of drug-likeness (QED) is 0.554. The topological polar surface area (TPSA) is 0 Å². The van der Waals surface area contributed by atoms with Crippen molar-refractivity contribution in [3.8, 4) is 0 Å². The minimum Gasteiger partial charge on any atom is -0.161 e. The Morgan fingerprint density at radius 1 is 0.900 bits per heavy atom. The van der Waals surface area contributed by atoms with Crippen LogP contribution in [0, 0.1) is 5.41 Å².